The maximum Gasteiger partial charge on any atom is 0.0218 e. The molecule has 0 aromatic rings. The van der Waals surface area contributed by atoms with Gasteiger partial charge in [0.1, 0.15) is 0 Å². The van der Waals surface area contributed by atoms with Gasteiger partial charge in [0, 0.05) is 24.2 Å². The van der Waals surface area contributed by atoms with Crippen LogP contribution in [0.4, 0.5) is 0 Å². The molecule has 2 aliphatic rings. The van der Waals surface area contributed by atoms with E-state index in [9.17, 15) is 0 Å². The van der Waals surface area contributed by atoms with Crippen molar-refractivity contribution in [1.82, 2.24) is 21.3 Å². The van der Waals surface area contributed by atoms with E-state index in [1.165, 1.54) is 51.4 Å². The zero-order chi connectivity index (χ0) is 14.8. The summed E-state index contributed by atoms with van der Waals surface area (Å²) in [5, 5.41) is 13.4. The van der Waals surface area contributed by atoms with Crippen LogP contribution in [0.1, 0.15) is 51.4 Å². The van der Waals surface area contributed by atoms with E-state index < -0.39 is 0 Å². The molecule has 0 aliphatic heterocycles. The van der Waals surface area contributed by atoms with Crippen LogP contribution in [0.5, 0.6) is 0 Å². The maximum absolute atomic E-state index is 3.34. The first-order valence-electron chi connectivity index (χ1n) is 8.45. The minimum Gasteiger partial charge on any atom is -0.315 e. The molecule has 0 unspecified atom stereocenters. The Morgan fingerprint density at radius 3 is 0.708 bits per heavy atom. The van der Waals surface area contributed by atoms with Crippen LogP contribution >= 0.6 is 49.6 Å². The molecule has 4 N–H and O–H groups in total. The quantitative estimate of drug-likeness (QED) is 0.554. The molecule has 0 spiro atoms. The first-order valence-corrected chi connectivity index (χ1v) is 8.45. The van der Waals surface area contributed by atoms with Gasteiger partial charge in [0.25, 0.3) is 0 Å². The van der Waals surface area contributed by atoms with Gasteiger partial charge < -0.3 is 21.3 Å². The van der Waals surface area contributed by atoms with E-state index in [2.05, 4.69) is 49.5 Å². The summed E-state index contributed by atoms with van der Waals surface area (Å²) in [6.07, 6.45) is 10.9. The Morgan fingerprint density at radius 2 is 0.583 bits per heavy atom. The summed E-state index contributed by atoms with van der Waals surface area (Å²) >= 11 is 0. The van der Waals surface area contributed by atoms with Crippen molar-refractivity contribution in [1.29, 1.82) is 0 Å². The van der Waals surface area contributed by atoms with Gasteiger partial charge in [-0.2, -0.15) is 0 Å². The van der Waals surface area contributed by atoms with Crippen molar-refractivity contribution in [2.75, 3.05) is 28.2 Å². The first kappa shape index (κ1) is 32.7. The topological polar surface area (TPSA) is 48.1 Å². The maximum atomic E-state index is 3.34. The molecular formula is C16H40Cl4N4. The summed E-state index contributed by atoms with van der Waals surface area (Å²) in [7, 11) is 8.22. The lowest BCUT2D eigenvalue weighted by Crippen LogP contribution is -2.47. The van der Waals surface area contributed by atoms with Gasteiger partial charge in [-0.25, -0.2) is 0 Å². The molecule has 0 radical (unpaired) electrons. The van der Waals surface area contributed by atoms with Crippen LogP contribution in [-0.2, 0) is 0 Å². The van der Waals surface area contributed by atoms with Gasteiger partial charge in [-0.3, -0.25) is 0 Å². The smallest absolute Gasteiger partial charge is 0.0218 e. The number of halogens is 4. The SMILES string of the molecule is CN[C@@H]1CCCC[C@H]1NC.CN[C@H]1CCCC[C@@H]1NC.Cl.Cl.Cl.Cl. The number of likely N-dealkylation sites (N-methyl/N-ethyl adjacent to an activating group) is 4. The molecule has 0 heterocycles. The summed E-state index contributed by atoms with van der Waals surface area (Å²) in [6.45, 7) is 0. The second-order valence-corrected chi connectivity index (χ2v) is 6.15. The van der Waals surface area contributed by atoms with Crippen LogP contribution in [0.15, 0.2) is 0 Å². The largest absolute Gasteiger partial charge is 0.315 e. The minimum atomic E-state index is 0. The monoisotopic (exact) mass is 428 g/mol. The lowest BCUT2D eigenvalue weighted by Gasteiger charge is -2.30. The summed E-state index contributed by atoms with van der Waals surface area (Å²) in [5.74, 6) is 0. The van der Waals surface area contributed by atoms with Crippen LogP contribution in [0, 0.1) is 0 Å². The van der Waals surface area contributed by atoms with E-state index in [-0.39, 0.29) is 49.6 Å². The average molecular weight is 430 g/mol. The van der Waals surface area contributed by atoms with E-state index in [1.54, 1.807) is 0 Å². The van der Waals surface area contributed by atoms with Crippen molar-refractivity contribution in [3.63, 3.8) is 0 Å². The standard InChI is InChI=1S/2C8H18N2.4ClH/c2*1-9-7-5-3-4-6-8(7)10-2;;;;/h2*7-10H,3-6H2,1-2H3;4*1H/t2*7-,8-;;;;/m10..../s1. The first-order chi connectivity index (χ1) is 9.76. The highest BCUT2D eigenvalue weighted by Crippen LogP contribution is 2.18. The van der Waals surface area contributed by atoms with Gasteiger partial charge in [-0.15, -0.1) is 49.6 Å². The summed E-state index contributed by atoms with van der Waals surface area (Å²) in [5.41, 5.74) is 0. The summed E-state index contributed by atoms with van der Waals surface area (Å²) in [4.78, 5) is 0. The van der Waals surface area contributed by atoms with Gasteiger partial charge in [-0.1, -0.05) is 25.7 Å². The molecule has 0 amide bonds. The van der Waals surface area contributed by atoms with E-state index in [0.29, 0.717) is 24.2 Å². The third kappa shape index (κ3) is 11.6. The Balaban J connectivity index is -0.000000143. The molecule has 0 saturated heterocycles. The normalized spacial score (nSPS) is 28.5. The van der Waals surface area contributed by atoms with Crippen molar-refractivity contribution in [2.24, 2.45) is 0 Å². The Morgan fingerprint density at radius 1 is 0.417 bits per heavy atom. The van der Waals surface area contributed by atoms with Crippen molar-refractivity contribution in [3.05, 3.63) is 0 Å². The fourth-order valence-electron chi connectivity index (χ4n) is 3.64. The van der Waals surface area contributed by atoms with Crippen LogP contribution < -0.4 is 21.3 Å². The van der Waals surface area contributed by atoms with Crippen LogP contribution in [-0.4, -0.2) is 52.4 Å². The molecule has 4 nitrogen and oxygen atoms in total. The van der Waals surface area contributed by atoms with Gasteiger partial charge >= 0.3 is 0 Å². The zero-order valence-corrected chi connectivity index (χ0v) is 18.9. The fourth-order valence-corrected chi connectivity index (χ4v) is 3.64. The second-order valence-electron chi connectivity index (χ2n) is 6.15. The van der Waals surface area contributed by atoms with Gasteiger partial charge in [0.05, 0.1) is 0 Å². The molecule has 24 heavy (non-hydrogen) atoms. The highest BCUT2D eigenvalue weighted by molar-refractivity contribution is 5.86. The van der Waals surface area contributed by atoms with Crippen LogP contribution in [0.2, 0.25) is 0 Å². The fraction of sp³-hybridized carbons (Fsp3) is 1.00. The molecule has 2 fully saturated rings. The Bertz CT molecular complexity index is 202. The van der Waals surface area contributed by atoms with Gasteiger partial charge in [0.15, 0.2) is 0 Å². The van der Waals surface area contributed by atoms with E-state index >= 15 is 0 Å². The minimum absolute atomic E-state index is 0. The van der Waals surface area contributed by atoms with Crippen molar-refractivity contribution in [2.45, 2.75) is 75.5 Å². The third-order valence-corrected chi connectivity index (χ3v) is 5.02. The van der Waals surface area contributed by atoms with Crippen LogP contribution in [0.25, 0.3) is 0 Å². The Hall–Kier alpha value is 1.00. The molecule has 2 saturated carbocycles. The molecule has 2 rings (SSSR count). The van der Waals surface area contributed by atoms with E-state index in [0.717, 1.165) is 0 Å². The number of hydrogen-bond donors (Lipinski definition) is 4. The zero-order valence-electron chi connectivity index (χ0n) is 15.6. The van der Waals surface area contributed by atoms with Gasteiger partial charge in [0.2, 0.25) is 0 Å². The third-order valence-electron chi connectivity index (χ3n) is 5.02. The van der Waals surface area contributed by atoms with E-state index in [4.69, 9.17) is 0 Å². The summed E-state index contributed by atoms with van der Waals surface area (Å²) < 4.78 is 0. The average Bonchev–Trinajstić information content (AvgIpc) is 2.55. The Labute approximate surface area is 174 Å². The predicted octanol–water partition coefficient (Wildman–Crippen LogP) is 3.16. The van der Waals surface area contributed by atoms with Crippen molar-refractivity contribution < 1.29 is 0 Å². The number of nitrogens with one attached hydrogen (secondary N) is 4. The summed E-state index contributed by atoms with van der Waals surface area (Å²) in [6, 6.07) is 2.83. The molecule has 0 bridgehead atoms. The molecular weight excluding hydrogens is 390 g/mol. The number of rotatable bonds is 4. The molecule has 0 aromatic heterocycles. The molecule has 0 aromatic carbocycles. The molecule has 2 aliphatic carbocycles. The van der Waals surface area contributed by atoms with Gasteiger partial charge in [-0.05, 0) is 53.9 Å². The Kier molecular flexibility index (Phi) is 27.6. The van der Waals surface area contributed by atoms with Crippen molar-refractivity contribution in [3.8, 4) is 0 Å². The second kappa shape index (κ2) is 20.3. The lowest BCUT2D eigenvalue weighted by molar-refractivity contribution is 0.309. The van der Waals surface area contributed by atoms with Crippen LogP contribution in [0.3, 0.4) is 0 Å². The lowest BCUT2D eigenvalue weighted by atomic mass is 9.91. The van der Waals surface area contributed by atoms with Crippen molar-refractivity contribution >= 4 is 49.6 Å². The van der Waals surface area contributed by atoms with E-state index in [1.807, 2.05) is 0 Å². The predicted molar refractivity (Wildman–Crippen MR) is 117 cm³/mol. The highest BCUT2D eigenvalue weighted by Gasteiger charge is 2.21. The molecule has 152 valence electrons. The number of hydrogen-bond acceptors (Lipinski definition) is 4. The highest BCUT2D eigenvalue weighted by atomic mass is 35.5. The molecule has 4 atom stereocenters. The molecule has 8 heteroatoms.